The number of hydrogen-bond donors (Lipinski definition) is 2. The summed E-state index contributed by atoms with van der Waals surface area (Å²) in [7, 11) is 1.56. The van der Waals surface area contributed by atoms with Crippen LogP contribution in [0.5, 0.6) is 17.2 Å². The van der Waals surface area contributed by atoms with E-state index in [-0.39, 0.29) is 18.6 Å². The molecule has 0 fully saturated rings. The summed E-state index contributed by atoms with van der Waals surface area (Å²) in [6.45, 7) is 7.48. The number of aryl methyl sites for hydroxylation is 1. The Morgan fingerprint density at radius 1 is 1.00 bits per heavy atom. The van der Waals surface area contributed by atoms with Gasteiger partial charge in [0.25, 0.3) is 11.8 Å². The van der Waals surface area contributed by atoms with Crippen molar-refractivity contribution in [1.29, 1.82) is 0 Å². The molecule has 1 heterocycles. The molecule has 2 amide bonds. The fourth-order valence-corrected chi connectivity index (χ4v) is 5.84. The highest BCUT2D eigenvalue weighted by Crippen LogP contribution is 2.39. The lowest BCUT2D eigenvalue weighted by Crippen LogP contribution is -2.33. The smallest absolute Gasteiger partial charge is 0.341 e. The average molecular weight is 608 g/mol. The zero-order chi connectivity index (χ0) is 30.9. The van der Waals surface area contributed by atoms with Crippen molar-refractivity contribution < 1.29 is 33.3 Å². The van der Waals surface area contributed by atoms with E-state index in [4.69, 9.17) is 18.9 Å². The number of carbonyl (C=O) groups is 3. The minimum Gasteiger partial charge on any atom is -0.493 e. The maximum absolute atomic E-state index is 13.1. The number of ether oxygens (including phenoxy) is 4. The molecule has 1 aliphatic carbocycles. The summed E-state index contributed by atoms with van der Waals surface area (Å²) in [5, 5.41) is 7.43. The van der Waals surface area contributed by atoms with Crippen LogP contribution in [0.3, 0.4) is 0 Å². The number of nitrogens with one attached hydrogen (secondary N) is 2. The summed E-state index contributed by atoms with van der Waals surface area (Å²) in [6, 6.07) is 11.8. The van der Waals surface area contributed by atoms with Crippen LogP contribution in [0, 0.1) is 0 Å². The third kappa shape index (κ3) is 8.13. The van der Waals surface area contributed by atoms with Gasteiger partial charge in [0.05, 0.1) is 31.6 Å². The SMILES string of the molecule is CCOC(=O)c1c(NC(=O)c2ccc(O[C@H](C)C(=O)N/N=C\c3ccc(OC(C)C)c(OC)c3)cc2)sc2c1CCCC2. The predicted molar refractivity (Wildman–Crippen MR) is 166 cm³/mol. The lowest BCUT2D eigenvalue weighted by Gasteiger charge is -2.14. The third-order valence-corrected chi connectivity index (χ3v) is 7.82. The standard InChI is InChI=1S/C32H37N3O7S/c1-6-40-32(38)28-24-9-7-8-10-27(24)43-31(28)34-30(37)22-12-14-23(15-13-22)42-20(4)29(36)35-33-18-21-11-16-25(41-19(2)3)26(17-21)39-5/h11-20H,6-10H2,1-5H3,(H,34,37)(H,35,36)/b33-18-/t20-/m1/s1. The van der Waals surface area contributed by atoms with Gasteiger partial charge < -0.3 is 24.3 Å². The molecule has 228 valence electrons. The van der Waals surface area contributed by atoms with Gasteiger partial charge in [0.1, 0.15) is 10.8 Å². The lowest BCUT2D eigenvalue weighted by atomic mass is 9.95. The highest BCUT2D eigenvalue weighted by atomic mass is 32.1. The van der Waals surface area contributed by atoms with Gasteiger partial charge in [-0.2, -0.15) is 5.10 Å². The van der Waals surface area contributed by atoms with Gasteiger partial charge in [-0.05, 0) is 107 Å². The first-order chi connectivity index (χ1) is 20.7. The predicted octanol–water partition coefficient (Wildman–Crippen LogP) is 5.77. The topological polar surface area (TPSA) is 125 Å². The molecule has 10 nitrogen and oxygen atoms in total. The Hall–Kier alpha value is -4.38. The Bertz CT molecular complexity index is 1480. The Labute approximate surface area is 255 Å². The van der Waals surface area contributed by atoms with Gasteiger partial charge in [-0.25, -0.2) is 10.2 Å². The van der Waals surface area contributed by atoms with Crippen molar-refractivity contribution in [2.45, 2.75) is 65.6 Å². The summed E-state index contributed by atoms with van der Waals surface area (Å²) in [5.74, 6) is 0.385. The number of hydrazone groups is 1. The van der Waals surface area contributed by atoms with E-state index < -0.39 is 18.0 Å². The molecule has 0 spiro atoms. The molecule has 2 N–H and O–H groups in total. The molecule has 0 saturated carbocycles. The minimum atomic E-state index is -0.849. The highest BCUT2D eigenvalue weighted by molar-refractivity contribution is 7.17. The second-order valence-corrected chi connectivity index (χ2v) is 11.3. The number of hydrogen-bond acceptors (Lipinski definition) is 9. The van der Waals surface area contributed by atoms with Gasteiger partial charge >= 0.3 is 5.97 Å². The quantitative estimate of drug-likeness (QED) is 0.152. The van der Waals surface area contributed by atoms with Crippen LogP contribution in [0.25, 0.3) is 0 Å². The summed E-state index contributed by atoms with van der Waals surface area (Å²) >= 11 is 1.44. The molecular formula is C32H37N3O7S. The molecule has 0 saturated heterocycles. The fourth-order valence-electron chi connectivity index (χ4n) is 4.57. The van der Waals surface area contributed by atoms with Crippen molar-refractivity contribution in [1.82, 2.24) is 5.43 Å². The van der Waals surface area contributed by atoms with Crippen LogP contribution >= 0.6 is 11.3 Å². The number of amides is 2. The Balaban J connectivity index is 1.34. The van der Waals surface area contributed by atoms with Gasteiger partial charge in [0.2, 0.25) is 0 Å². The van der Waals surface area contributed by atoms with Crippen LogP contribution in [0.2, 0.25) is 0 Å². The number of methoxy groups -OCH3 is 1. The Morgan fingerprint density at radius 3 is 2.44 bits per heavy atom. The van der Waals surface area contributed by atoms with Crippen molar-refractivity contribution in [3.63, 3.8) is 0 Å². The van der Waals surface area contributed by atoms with E-state index in [0.717, 1.165) is 36.1 Å². The highest BCUT2D eigenvalue weighted by Gasteiger charge is 2.27. The molecule has 2 aromatic carbocycles. The number of rotatable bonds is 12. The van der Waals surface area contributed by atoms with Crippen molar-refractivity contribution >= 4 is 40.3 Å². The molecule has 1 atom stereocenters. The van der Waals surface area contributed by atoms with Gasteiger partial charge in [0, 0.05) is 10.4 Å². The van der Waals surface area contributed by atoms with Crippen molar-refractivity contribution in [2.24, 2.45) is 5.10 Å². The zero-order valence-corrected chi connectivity index (χ0v) is 25.8. The first kappa shape index (κ1) is 31.6. The van der Waals surface area contributed by atoms with Crippen LogP contribution in [0.1, 0.15) is 77.3 Å². The second-order valence-electron chi connectivity index (χ2n) is 10.2. The van der Waals surface area contributed by atoms with E-state index in [1.807, 2.05) is 13.8 Å². The van der Waals surface area contributed by atoms with Gasteiger partial charge in [0.15, 0.2) is 17.6 Å². The van der Waals surface area contributed by atoms with E-state index in [9.17, 15) is 14.4 Å². The molecule has 3 aromatic rings. The Kier molecular flexibility index (Phi) is 10.8. The van der Waals surface area contributed by atoms with Crippen LogP contribution in [-0.4, -0.2) is 49.9 Å². The molecule has 11 heteroatoms. The first-order valence-corrected chi connectivity index (χ1v) is 15.1. The van der Waals surface area contributed by atoms with Gasteiger partial charge in [-0.3, -0.25) is 9.59 Å². The minimum absolute atomic E-state index is 0.00463. The first-order valence-electron chi connectivity index (χ1n) is 14.3. The number of nitrogens with zero attached hydrogens (tertiary/aromatic N) is 1. The van der Waals surface area contributed by atoms with Crippen LogP contribution in [-0.2, 0) is 22.4 Å². The van der Waals surface area contributed by atoms with E-state index in [0.29, 0.717) is 38.9 Å². The van der Waals surface area contributed by atoms with Crippen LogP contribution in [0.4, 0.5) is 5.00 Å². The monoisotopic (exact) mass is 607 g/mol. The lowest BCUT2D eigenvalue weighted by molar-refractivity contribution is -0.127. The molecule has 0 aliphatic heterocycles. The van der Waals surface area contributed by atoms with E-state index in [1.165, 1.54) is 17.6 Å². The molecule has 0 radical (unpaired) electrons. The third-order valence-electron chi connectivity index (χ3n) is 6.62. The van der Waals surface area contributed by atoms with Gasteiger partial charge in [-0.15, -0.1) is 11.3 Å². The Morgan fingerprint density at radius 2 is 1.74 bits per heavy atom. The number of esters is 1. The summed E-state index contributed by atoms with van der Waals surface area (Å²) in [5.41, 5.74) is 5.02. The maximum atomic E-state index is 13.1. The zero-order valence-electron chi connectivity index (χ0n) is 25.0. The number of anilines is 1. The summed E-state index contributed by atoms with van der Waals surface area (Å²) in [4.78, 5) is 39.4. The molecule has 0 unspecified atom stereocenters. The van der Waals surface area contributed by atoms with Gasteiger partial charge in [-0.1, -0.05) is 0 Å². The van der Waals surface area contributed by atoms with Crippen molar-refractivity contribution in [3.05, 3.63) is 69.6 Å². The summed E-state index contributed by atoms with van der Waals surface area (Å²) < 4.78 is 22.1. The maximum Gasteiger partial charge on any atom is 0.341 e. The molecule has 1 aliphatic rings. The van der Waals surface area contributed by atoms with Crippen molar-refractivity contribution in [3.8, 4) is 17.2 Å². The molecule has 0 bridgehead atoms. The number of carbonyl (C=O) groups excluding carboxylic acids is 3. The molecule has 1 aromatic heterocycles. The van der Waals surface area contributed by atoms with Crippen LogP contribution in [0.15, 0.2) is 47.6 Å². The van der Waals surface area contributed by atoms with E-state index in [1.54, 1.807) is 63.4 Å². The number of fused-ring (bicyclic) bond motifs is 1. The van der Waals surface area contributed by atoms with Crippen LogP contribution < -0.4 is 25.0 Å². The largest absolute Gasteiger partial charge is 0.493 e. The fraction of sp³-hybridized carbons (Fsp3) is 0.375. The van der Waals surface area contributed by atoms with Crippen molar-refractivity contribution in [2.75, 3.05) is 19.0 Å². The normalized spacial score (nSPS) is 13.3. The molecule has 43 heavy (non-hydrogen) atoms. The molecular weight excluding hydrogens is 570 g/mol. The van der Waals surface area contributed by atoms with E-state index in [2.05, 4.69) is 15.8 Å². The molecule has 4 rings (SSSR count). The number of thiophene rings is 1. The van der Waals surface area contributed by atoms with E-state index >= 15 is 0 Å². The number of benzene rings is 2. The second kappa shape index (κ2) is 14.7. The average Bonchev–Trinajstić information content (AvgIpc) is 3.35. The summed E-state index contributed by atoms with van der Waals surface area (Å²) in [6.07, 6.45) is 4.41.